The van der Waals surface area contributed by atoms with Crippen molar-refractivity contribution in [1.82, 2.24) is 15.3 Å². The summed E-state index contributed by atoms with van der Waals surface area (Å²) >= 11 is 0. The van der Waals surface area contributed by atoms with E-state index in [1.54, 1.807) is 11.1 Å². The molecular weight excluding hydrogens is 278 g/mol. The Hall–Kier alpha value is -2.45. The molecule has 114 valence electrons. The molecule has 2 unspecified atom stereocenters. The summed E-state index contributed by atoms with van der Waals surface area (Å²) < 4.78 is 5.45. The maximum Gasteiger partial charge on any atom is 0.251 e. The molecule has 0 bridgehead atoms. The van der Waals surface area contributed by atoms with Crippen molar-refractivity contribution < 1.29 is 9.53 Å². The van der Waals surface area contributed by atoms with Crippen LogP contribution in [0.25, 0.3) is 0 Å². The molecule has 3 rings (SSSR count). The van der Waals surface area contributed by atoms with Gasteiger partial charge in [0.1, 0.15) is 11.8 Å². The molecule has 5 nitrogen and oxygen atoms in total. The first-order chi connectivity index (χ1) is 10.7. The van der Waals surface area contributed by atoms with Gasteiger partial charge in [-0.3, -0.25) is 4.79 Å². The van der Waals surface area contributed by atoms with Crippen LogP contribution in [0.15, 0.2) is 36.7 Å². The van der Waals surface area contributed by atoms with E-state index in [0.29, 0.717) is 13.2 Å². The zero-order chi connectivity index (χ0) is 15.5. The van der Waals surface area contributed by atoms with Crippen LogP contribution >= 0.6 is 0 Å². The molecule has 1 aromatic rings. The summed E-state index contributed by atoms with van der Waals surface area (Å²) in [6.45, 7) is 2.93. The van der Waals surface area contributed by atoms with E-state index < -0.39 is 0 Å². The number of amides is 1. The lowest BCUT2D eigenvalue weighted by Gasteiger charge is -2.30. The van der Waals surface area contributed by atoms with Gasteiger partial charge in [0, 0.05) is 12.4 Å². The van der Waals surface area contributed by atoms with Crippen molar-refractivity contribution >= 4 is 5.91 Å². The zero-order valence-electron chi connectivity index (χ0n) is 12.5. The van der Waals surface area contributed by atoms with Crippen LogP contribution in [0, 0.1) is 12.3 Å². The minimum Gasteiger partial charge on any atom is -0.494 e. The van der Waals surface area contributed by atoms with E-state index in [-0.39, 0.29) is 18.0 Å². The highest BCUT2D eigenvalue weighted by Crippen LogP contribution is 2.31. The van der Waals surface area contributed by atoms with Gasteiger partial charge in [0.15, 0.2) is 0 Å². The van der Waals surface area contributed by atoms with Crippen LogP contribution < -0.4 is 10.2 Å². The van der Waals surface area contributed by atoms with Crippen LogP contribution in [0.1, 0.15) is 24.9 Å². The summed E-state index contributed by atoms with van der Waals surface area (Å²) in [5.74, 6) is 3.41. The van der Waals surface area contributed by atoms with Crippen molar-refractivity contribution in [3.8, 4) is 18.1 Å². The van der Waals surface area contributed by atoms with Gasteiger partial charge in [-0.15, -0.1) is 6.42 Å². The molecule has 0 radical (unpaired) electrons. The molecule has 0 aliphatic carbocycles. The number of ether oxygens (including phenoxy) is 1. The van der Waals surface area contributed by atoms with E-state index in [4.69, 9.17) is 11.2 Å². The largest absolute Gasteiger partial charge is 0.494 e. The first-order valence-electron chi connectivity index (χ1n) is 7.42. The maximum absolute atomic E-state index is 12.4. The normalized spacial score (nSPS) is 23.4. The molecule has 1 amide bonds. The van der Waals surface area contributed by atoms with Gasteiger partial charge >= 0.3 is 0 Å². The summed E-state index contributed by atoms with van der Waals surface area (Å²) in [6.07, 6.45) is 9.62. The Morgan fingerprint density at radius 3 is 2.82 bits per heavy atom. The Balaban J connectivity index is 1.71. The van der Waals surface area contributed by atoms with Crippen molar-refractivity contribution in [2.45, 2.75) is 25.4 Å². The quantitative estimate of drug-likeness (QED) is 0.858. The molecule has 1 N–H and O–H groups in total. The smallest absolute Gasteiger partial charge is 0.251 e. The molecule has 22 heavy (non-hydrogen) atoms. The SMILES string of the molecule is C#CCN1C=CN2NC(c3ccc(OCC)cc3)CC2C1=O. The van der Waals surface area contributed by atoms with Crippen molar-refractivity contribution in [2.75, 3.05) is 13.2 Å². The average Bonchev–Trinajstić information content (AvgIpc) is 2.96. The number of nitrogens with one attached hydrogen (secondary N) is 1. The lowest BCUT2D eigenvalue weighted by atomic mass is 10.0. The average molecular weight is 297 g/mol. The van der Waals surface area contributed by atoms with Gasteiger partial charge in [0.2, 0.25) is 0 Å². The Bertz CT molecular complexity index is 618. The first-order valence-corrected chi connectivity index (χ1v) is 7.42. The van der Waals surface area contributed by atoms with E-state index in [9.17, 15) is 4.79 Å². The number of nitrogens with zero attached hydrogens (tertiary/aromatic N) is 2. The zero-order valence-corrected chi connectivity index (χ0v) is 12.5. The molecule has 1 aromatic carbocycles. The Kier molecular flexibility index (Phi) is 4.03. The van der Waals surface area contributed by atoms with Gasteiger partial charge in [-0.05, 0) is 31.0 Å². The third kappa shape index (κ3) is 2.66. The van der Waals surface area contributed by atoms with Gasteiger partial charge < -0.3 is 14.6 Å². The second-order valence-electron chi connectivity index (χ2n) is 5.31. The van der Waals surface area contributed by atoms with Crippen molar-refractivity contribution in [3.05, 3.63) is 42.2 Å². The molecule has 5 heteroatoms. The van der Waals surface area contributed by atoms with Crippen molar-refractivity contribution in [1.29, 1.82) is 0 Å². The second kappa shape index (κ2) is 6.12. The monoisotopic (exact) mass is 297 g/mol. The molecule has 0 saturated carbocycles. The molecule has 0 aromatic heterocycles. The van der Waals surface area contributed by atoms with E-state index in [1.807, 2.05) is 42.4 Å². The molecule has 2 aliphatic rings. The van der Waals surface area contributed by atoms with Crippen LogP contribution in [-0.2, 0) is 4.79 Å². The molecule has 1 saturated heterocycles. The highest BCUT2D eigenvalue weighted by Gasteiger charge is 2.39. The fraction of sp³-hybridized carbons (Fsp3) is 0.353. The third-order valence-corrected chi connectivity index (χ3v) is 3.93. The highest BCUT2D eigenvalue weighted by atomic mass is 16.5. The topological polar surface area (TPSA) is 44.8 Å². The van der Waals surface area contributed by atoms with E-state index in [0.717, 1.165) is 17.7 Å². The summed E-state index contributed by atoms with van der Waals surface area (Å²) in [5.41, 5.74) is 4.50. The van der Waals surface area contributed by atoms with Crippen LogP contribution in [0.3, 0.4) is 0 Å². The minimum absolute atomic E-state index is 0.0430. The summed E-state index contributed by atoms with van der Waals surface area (Å²) in [6, 6.07) is 7.90. The number of carbonyl (C=O) groups is 1. The van der Waals surface area contributed by atoms with Gasteiger partial charge in [-0.1, -0.05) is 18.1 Å². The van der Waals surface area contributed by atoms with Gasteiger partial charge in [-0.2, -0.15) is 0 Å². The van der Waals surface area contributed by atoms with Crippen LogP contribution in [-0.4, -0.2) is 35.0 Å². The number of rotatable bonds is 4. The fourth-order valence-corrected chi connectivity index (χ4v) is 2.85. The Morgan fingerprint density at radius 1 is 1.36 bits per heavy atom. The molecule has 1 fully saturated rings. The summed E-state index contributed by atoms with van der Waals surface area (Å²) in [7, 11) is 0. The van der Waals surface area contributed by atoms with E-state index in [1.165, 1.54) is 0 Å². The minimum atomic E-state index is -0.199. The predicted molar refractivity (Wildman–Crippen MR) is 83.4 cm³/mol. The number of hydrogen-bond acceptors (Lipinski definition) is 4. The van der Waals surface area contributed by atoms with E-state index >= 15 is 0 Å². The number of terminal acetylenes is 1. The maximum atomic E-state index is 12.4. The Labute approximate surface area is 130 Å². The van der Waals surface area contributed by atoms with Crippen LogP contribution in [0.5, 0.6) is 5.75 Å². The predicted octanol–water partition coefficient (Wildman–Crippen LogP) is 1.65. The highest BCUT2D eigenvalue weighted by molar-refractivity contribution is 5.84. The van der Waals surface area contributed by atoms with Gasteiger partial charge in [-0.25, -0.2) is 5.43 Å². The molecule has 2 atom stereocenters. The molecule has 0 spiro atoms. The van der Waals surface area contributed by atoms with Crippen LogP contribution in [0.2, 0.25) is 0 Å². The number of hydrogen-bond donors (Lipinski definition) is 1. The number of carbonyl (C=O) groups excluding carboxylic acids is 1. The lowest BCUT2D eigenvalue weighted by molar-refractivity contribution is -0.133. The van der Waals surface area contributed by atoms with E-state index in [2.05, 4.69) is 11.3 Å². The van der Waals surface area contributed by atoms with Crippen molar-refractivity contribution in [3.63, 3.8) is 0 Å². The van der Waals surface area contributed by atoms with Gasteiger partial charge in [0.05, 0.1) is 19.2 Å². The third-order valence-electron chi connectivity index (χ3n) is 3.93. The second-order valence-corrected chi connectivity index (χ2v) is 5.31. The first kappa shape index (κ1) is 14.5. The number of hydrazine groups is 1. The van der Waals surface area contributed by atoms with Gasteiger partial charge in [0.25, 0.3) is 5.91 Å². The molecule has 2 heterocycles. The summed E-state index contributed by atoms with van der Waals surface area (Å²) in [5, 5.41) is 1.87. The number of benzene rings is 1. The number of fused-ring (bicyclic) bond motifs is 1. The fourth-order valence-electron chi connectivity index (χ4n) is 2.85. The van der Waals surface area contributed by atoms with Crippen molar-refractivity contribution in [2.24, 2.45) is 0 Å². The lowest BCUT2D eigenvalue weighted by Crippen LogP contribution is -2.48. The Morgan fingerprint density at radius 2 is 2.14 bits per heavy atom. The summed E-state index contributed by atoms with van der Waals surface area (Å²) in [4.78, 5) is 14.0. The standard InChI is InChI=1S/C17H19N3O2/c1-3-9-19-10-11-20-16(17(19)21)12-15(18-20)13-5-7-14(8-6-13)22-4-2/h1,5-8,10-11,15-16,18H,4,9,12H2,2H3. The van der Waals surface area contributed by atoms with Crippen LogP contribution in [0.4, 0.5) is 0 Å². The molecular formula is C17H19N3O2. The molecule has 2 aliphatic heterocycles.